The summed E-state index contributed by atoms with van der Waals surface area (Å²) in [4.78, 5) is 26.8. The maximum Gasteiger partial charge on any atom is 0.253 e. The molecule has 0 spiro atoms. The van der Waals surface area contributed by atoms with Crippen LogP contribution >= 0.6 is 0 Å². The molecule has 3 heterocycles. The average Bonchev–Trinajstić information content (AvgIpc) is 3.34. The highest BCUT2D eigenvalue weighted by atomic mass is 16.2. The van der Waals surface area contributed by atoms with Gasteiger partial charge in [-0.15, -0.1) is 0 Å². The maximum absolute atomic E-state index is 12.9. The van der Waals surface area contributed by atoms with E-state index in [1.807, 2.05) is 38.1 Å². The van der Waals surface area contributed by atoms with E-state index in [4.69, 9.17) is 4.98 Å². The van der Waals surface area contributed by atoms with Crippen molar-refractivity contribution >= 4 is 11.7 Å². The van der Waals surface area contributed by atoms with E-state index in [0.29, 0.717) is 11.8 Å². The number of nitrogens with zero attached hydrogens (tertiary/aromatic N) is 4. The number of anilines is 1. The van der Waals surface area contributed by atoms with E-state index in [2.05, 4.69) is 14.8 Å². The van der Waals surface area contributed by atoms with Crippen molar-refractivity contribution in [3.8, 4) is 0 Å². The zero-order chi connectivity index (χ0) is 18.5. The molecule has 0 radical (unpaired) electrons. The lowest BCUT2D eigenvalue weighted by molar-refractivity contribution is 0.0782. The topological polar surface area (TPSA) is 49.3 Å². The van der Waals surface area contributed by atoms with Crippen LogP contribution in [0.25, 0.3) is 0 Å². The van der Waals surface area contributed by atoms with Crippen LogP contribution in [-0.2, 0) is 12.8 Å². The van der Waals surface area contributed by atoms with Gasteiger partial charge in [-0.05, 0) is 45.2 Å². The molecule has 1 aromatic heterocycles. The second kappa shape index (κ2) is 6.32. The molecule has 0 N–H and O–H groups in total. The van der Waals surface area contributed by atoms with Crippen LogP contribution in [0, 0.1) is 25.7 Å². The Labute approximate surface area is 160 Å². The van der Waals surface area contributed by atoms with Gasteiger partial charge in [-0.3, -0.25) is 4.79 Å². The lowest BCUT2D eigenvalue weighted by Crippen LogP contribution is -2.34. The predicted octanol–water partition coefficient (Wildman–Crippen LogP) is 2.79. The molecule has 140 valence electrons. The highest BCUT2D eigenvalue weighted by molar-refractivity contribution is 5.94. The first kappa shape index (κ1) is 16.7. The molecule has 0 bridgehead atoms. The molecule has 5 rings (SSSR count). The van der Waals surface area contributed by atoms with Crippen LogP contribution in [-0.4, -0.2) is 47.0 Å². The zero-order valence-corrected chi connectivity index (χ0v) is 16.1. The molecular formula is C22H26N4O. The SMILES string of the molecule is Cc1cccc(C(=O)N2CC3CN(c4nc(C)nc5c4CCC5)CC3C2)c1. The van der Waals surface area contributed by atoms with Crippen molar-refractivity contribution in [1.82, 2.24) is 14.9 Å². The van der Waals surface area contributed by atoms with Crippen molar-refractivity contribution in [2.45, 2.75) is 33.1 Å². The fourth-order valence-corrected chi connectivity index (χ4v) is 5.09. The van der Waals surface area contributed by atoms with Gasteiger partial charge in [-0.1, -0.05) is 17.7 Å². The Hall–Kier alpha value is -2.43. The van der Waals surface area contributed by atoms with Gasteiger partial charge in [0.15, 0.2) is 0 Å². The Morgan fingerprint density at radius 2 is 1.81 bits per heavy atom. The minimum Gasteiger partial charge on any atom is -0.356 e. The van der Waals surface area contributed by atoms with E-state index >= 15 is 0 Å². The Kier molecular flexibility index (Phi) is 3.92. The highest BCUT2D eigenvalue weighted by Crippen LogP contribution is 2.37. The number of carbonyl (C=O) groups is 1. The van der Waals surface area contributed by atoms with Gasteiger partial charge in [0, 0.05) is 54.8 Å². The molecule has 2 atom stereocenters. The number of hydrogen-bond acceptors (Lipinski definition) is 4. The molecule has 0 saturated carbocycles. The molecule has 2 unspecified atom stereocenters. The fourth-order valence-electron chi connectivity index (χ4n) is 5.09. The quantitative estimate of drug-likeness (QED) is 0.824. The van der Waals surface area contributed by atoms with Gasteiger partial charge < -0.3 is 9.80 Å². The predicted molar refractivity (Wildman–Crippen MR) is 105 cm³/mol. The number of aryl methyl sites for hydroxylation is 3. The molecular weight excluding hydrogens is 336 g/mol. The Bertz CT molecular complexity index is 895. The zero-order valence-electron chi connectivity index (χ0n) is 16.1. The van der Waals surface area contributed by atoms with Crippen LogP contribution in [0.15, 0.2) is 24.3 Å². The maximum atomic E-state index is 12.9. The Morgan fingerprint density at radius 3 is 2.56 bits per heavy atom. The van der Waals surface area contributed by atoms with Crippen LogP contribution in [0.3, 0.4) is 0 Å². The number of aromatic nitrogens is 2. The monoisotopic (exact) mass is 362 g/mol. The first-order valence-corrected chi connectivity index (χ1v) is 10.1. The number of benzene rings is 1. The summed E-state index contributed by atoms with van der Waals surface area (Å²) < 4.78 is 0. The van der Waals surface area contributed by atoms with E-state index in [0.717, 1.165) is 56.0 Å². The third-order valence-corrected chi connectivity index (χ3v) is 6.36. The molecule has 3 aliphatic rings. The number of rotatable bonds is 2. The summed E-state index contributed by atoms with van der Waals surface area (Å²) in [7, 11) is 0. The van der Waals surface area contributed by atoms with Crippen LogP contribution in [0.2, 0.25) is 0 Å². The van der Waals surface area contributed by atoms with Crippen molar-refractivity contribution in [3.63, 3.8) is 0 Å². The van der Waals surface area contributed by atoms with E-state index in [-0.39, 0.29) is 5.91 Å². The van der Waals surface area contributed by atoms with Crippen molar-refractivity contribution in [2.75, 3.05) is 31.1 Å². The van der Waals surface area contributed by atoms with Crippen LogP contribution < -0.4 is 4.90 Å². The van der Waals surface area contributed by atoms with Gasteiger partial charge >= 0.3 is 0 Å². The first-order valence-electron chi connectivity index (χ1n) is 10.1. The normalized spacial score (nSPS) is 23.6. The fraction of sp³-hybridized carbons (Fsp3) is 0.500. The molecule has 27 heavy (non-hydrogen) atoms. The number of amides is 1. The van der Waals surface area contributed by atoms with Crippen LogP contribution in [0.5, 0.6) is 0 Å². The molecule has 5 nitrogen and oxygen atoms in total. The lowest BCUT2D eigenvalue weighted by atomic mass is 10.0. The highest BCUT2D eigenvalue weighted by Gasteiger charge is 2.43. The summed E-state index contributed by atoms with van der Waals surface area (Å²) >= 11 is 0. The number of hydrogen-bond donors (Lipinski definition) is 0. The summed E-state index contributed by atoms with van der Waals surface area (Å²) in [5.74, 6) is 3.33. The van der Waals surface area contributed by atoms with Crippen molar-refractivity contribution in [3.05, 3.63) is 52.5 Å². The van der Waals surface area contributed by atoms with Crippen molar-refractivity contribution in [2.24, 2.45) is 11.8 Å². The largest absolute Gasteiger partial charge is 0.356 e. The third kappa shape index (κ3) is 2.89. The summed E-state index contributed by atoms with van der Waals surface area (Å²) in [5.41, 5.74) is 4.58. The molecule has 2 fully saturated rings. The first-order chi connectivity index (χ1) is 13.1. The van der Waals surface area contributed by atoms with Gasteiger partial charge in [-0.2, -0.15) is 0 Å². The van der Waals surface area contributed by atoms with Gasteiger partial charge in [0.25, 0.3) is 5.91 Å². The second-order valence-corrected chi connectivity index (χ2v) is 8.38. The van der Waals surface area contributed by atoms with Crippen LogP contribution in [0.1, 0.15) is 39.4 Å². The van der Waals surface area contributed by atoms with E-state index in [9.17, 15) is 4.79 Å². The van der Waals surface area contributed by atoms with Crippen molar-refractivity contribution < 1.29 is 4.79 Å². The standard InChI is InChI=1S/C22H26N4O/c1-14-5-3-6-16(9-14)22(27)26-12-17-10-25(11-18(17)13-26)21-19-7-4-8-20(19)23-15(2)24-21/h3,5-6,9,17-18H,4,7-8,10-13H2,1-2H3. The summed E-state index contributed by atoms with van der Waals surface area (Å²) in [6, 6.07) is 7.94. The number of fused-ring (bicyclic) bond motifs is 2. The second-order valence-electron chi connectivity index (χ2n) is 8.38. The minimum atomic E-state index is 0.179. The average molecular weight is 362 g/mol. The van der Waals surface area contributed by atoms with E-state index in [1.165, 1.54) is 23.5 Å². The third-order valence-electron chi connectivity index (χ3n) is 6.36. The van der Waals surface area contributed by atoms with E-state index in [1.54, 1.807) is 0 Å². The molecule has 2 aliphatic heterocycles. The molecule has 1 aliphatic carbocycles. The summed E-state index contributed by atoms with van der Waals surface area (Å²) in [5, 5.41) is 0. The Morgan fingerprint density at radius 1 is 1.04 bits per heavy atom. The molecule has 2 aromatic rings. The summed E-state index contributed by atoms with van der Waals surface area (Å²) in [6.07, 6.45) is 3.39. The lowest BCUT2D eigenvalue weighted by Gasteiger charge is -2.24. The van der Waals surface area contributed by atoms with Crippen molar-refractivity contribution in [1.29, 1.82) is 0 Å². The molecule has 5 heteroatoms. The van der Waals surface area contributed by atoms with Gasteiger partial charge in [0.05, 0.1) is 0 Å². The molecule has 2 saturated heterocycles. The van der Waals surface area contributed by atoms with Gasteiger partial charge in [0.1, 0.15) is 11.6 Å². The Balaban J connectivity index is 1.31. The van der Waals surface area contributed by atoms with Gasteiger partial charge in [0.2, 0.25) is 0 Å². The molecule has 1 amide bonds. The molecule has 1 aromatic carbocycles. The minimum absolute atomic E-state index is 0.179. The van der Waals surface area contributed by atoms with E-state index < -0.39 is 0 Å². The van der Waals surface area contributed by atoms with Gasteiger partial charge in [-0.25, -0.2) is 9.97 Å². The number of carbonyl (C=O) groups excluding carboxylic acids is 1. The summed E-state index contributed by atoms with van der Waals surface area (Å²) in [6.45, 7) is 7.77. The number of likely N-dealkylation sites (tertiary alicyclic amines) is 1. The van der Waals surface area contributed by atoms with Crippen LogP contribution in [0.4, 0.5) is 5.82 Å². The smallest absolute Gasteiger partial charge is 0.253 e.